The highest BCUT2D eigenvalue weighted by Crippen LogP contribution is 2.28. The van der Waals surface area contributed by atoms with Crippen molar-refractivity contribution in [1.82, 2.24) is 0 Å². The Balaban J connectivity index is 2.04. The lowest BCUT2D eigenvalue weighted by Gasteiger charge is -2.11. The van der Waals surface area contributed by atoms with E-state index >= 15 is 0 Å². The number of para-hydroxylation sites is 1. The molecule has 0 heterocycles. The van der Waals surface area contributed by atoms with E-state index in [-0.39, 0.29) is 0 Å². The molecule has 100 valence electrons. The van der Waals surface area contributed by atoms with E-state index in [0.29, 0.717) is 18.2 Å². The van der Waals surface area contributed by atoms with E-state index in [4.69, 9.17) is 0 Å². The predicted molar refractivity (Wildman–Crippen MR) is 83.7 cm³/mol. The molecule has 0 atom stereocenters. The van der Waals surface area contributed by atoms with E-state index in [1.54, 1.807) is 0 Å². The van der Waals surface area contributed by atoms with E-state index < -0.39 is 0 Å². The maximum absolute atomic E-state index is 9.91. The number of anilines is 1. The Morgan fingerprint density at radius 1 is 1.11 bits per heavy atom. The minimum atomic E-state index is 0.300. The number of benzene rings is 2. The molecule has 2 N–H and O–H groups in total. The Labute approximate surface area is 122 Å². The van der Waals surface area contributed by atoms with Gasteiger partial charge in [-0.25, -0.2) is 0 Å². The molecule has 3 heteroatoms. The van der Waals surface area contributed by atoms with Gasteiger partial charge < -0.3 is 10.4 Å². The minimum absolute atomic E-state index is 0.300. The fourth-order valence-electron chi connectivity index (χ4n) is 1.89. The third-order valence-electron chi connectivity index (χ3n) is 3.13. The maximum atomic E-state index is 9.91. The third-order valence-corrected chi connectivity index (χ3v) is 3.77. The molecule has 0 aliphatic rings. The normalized spacial score (nSPS) is 10.7. The second-order valence-corrected chi connectivity index (χ2v) is 5.73. The second-order valence-electron chi connectivity index (χ2n) is 4.88. The molecule has 2 aromatic carbocycles. The van der Waals surface area contributed by atoms with Crippen molar-refractivity contribution in [3.05, 3.63) is 58.1 Å². The van der Waals surface area contributed by atoms with Crippen molar-refractivity contribution in [1.29, 1.82) is 0 Å². The SMILES string of the molecule is CC(C)c1ccc(NCc2cccc(Br)c2O)cc1. The average molecular weight is 320 g/mol. The van der Waals surface area contributed by atoms with Gasteiger partial charge in [0, 0.05) is 17.8 Å². The Hall–Kier alpha value is -1.48. The first kappa shape index (κ1) is 13.9. The Morgan fingerprint density at radius 2 is 1.79 bits per heavy atom. The molecule has 0 aliphatic carbocycles. The van der Waals surface area contributed by atoms with Crippen LogP contribution in [0.4, 0.5) is 5.69 Å². The lowest BCUT2D eigenvalue weighted by Crippen LogP contribution is -2.00. The summed E-state index contributed by atoms with van der Waals surface area (Å²) in [5.41, 5.74) is 3.27. The van der Waals surface area contributed by atoms with E-state index in [9.17, 15) is 5.11 Å². The summed E-state index contributed by atoms with van der Waals surface area (Å²) in [5.74, 6) is 0.844. The van der Waals surface area contributed by atoms with E-state index in [1.165, 1.54) is 5.56 Å². The predicted octanol–water partition coefficient (Wildman–Crippen LogP) is 4.89. The van der Waals surface area contributed by atoms with Crippen molar-refractivity contribution in [3.8, 4) is 5.75 Å². The van der Waals surface area contributed by atoms with E-state index in [2.05, 4.69) is 59.4 Å². The summed E-state index contributed by atoms with van der Waals surface area (Å²) in [6.45, 7) is 4.97. The number of hydrogen-bond acceptors (Lipinski definition) is 2. The molecule has 2 aromatic rings. The van der Waals surface area contributed by atoms with Gasteiger partial charge in [0.1, 0.15) is 5.75 Å². The molecule has 0 unspecified atom stereocenters. The second kappa shape index (κ2) is 6.11. The molecule has 0 spiro atoms. The first-order valence-electron chi connectivity index (χ1n) is 6.38. The molecule has 0 fully saturated rings. The van der Waals surface area contributed by atoms with Crippen LogP contribution in [-0.2, 0) is 6.54 Å². The van der Waals surface area contributed by atoms with Crippen LogP contribution in [0.2, 0.25) is 0 Å². The monoisotopic (exact) mass is 319 g/mol. The summed E-state index contributed by atoms with van der Waals surface area (Å²) in [5, 5.41) is 13.2. The number of aromatic hydroxyl groups is 1. The number of nitrogens with one attached hydrogen (secondary N) is 1. The van der Waals surface area contributed by atoms with Crippen LogP contribution in [0, 0.1) is 0 Å². The van der Waals surface area contributed by atoms with Crippen LogP contribution in [0.3, 0.4) is 0 Å². The van der Waals surface area contributed by atoms with Gasteiger partial charge in [0.25, 0.3) is 0 Å². The van der Waals surface area contributed by atoms with Gasteiger partial charge in [-0.05, 0) is 45.6 Å². The topological polar surface area (TPSA) is 32.3 Å². The quantitative estimate of drug-likeness (QED) is 0.840. The summed E-state index contributed by atoms with van der Waals surface area (Å²) in [4.78, 5) is 0. The Morgan fingerprint density at radius 3 is 2.42 bits per heavy atom. The van der Waals surface area contributed by atoms with Gasteiger partial charge in [-0.2, -0.15) is 0 Å². The maximum Gasteiger partial charge on any atom is 0.134 e. The van der Waals surface area contributed by atoms with Crippen molar-refractivity contribution < 1.29 is 5.11 Å². The molecule has 0 bridgehead atoms. The Bertz CT molecular complexity index is 549. The van der Waals surface area contributed by atoms with Crippen molar-refractivity contribution in [2.75, 3.05) is 5.32 Å². The van der Waals surface area contributed by atoms with Gasteiger partial charge in [0.15, 0.2) is 0 Å². The van der Waals surface area contributed by atoms with Gasteiger partial charge in [-0.3, -0.25) is 0 Å². The molecular formula is C16H18BrNO. The summed E-state index contributed by atoms with van der Waals surface area (Å²) >= 11 is 3.32. The number of halogens is 1. The average Bonchev–Trinajstić information content (AvgIpc) is 2.41. The van der Waals surface area contributed by atoms with Crippen LogP contribution in [0.1, 0.15) is 30.9 Å². The zero-order valence-electron chi connectivity index (χ0n) is 11.2. The van der Waals surface area contributed by atoms with E-state index in [1.807, 2.05) is 18.2 Å². The Kier molecular flexibility index (Phi) is 4.48. The largest absolute Gasteiger partial charge is 0.506 e. The number of rotatable bonds is 4. The van der Waals surface area contributed by atoms with Crippen LogP contribution in [0.5, 0.6) is 5.75 Å². The lowest BCUT2D eigenvalue weighted by molar-refractivity contribution is 0.465. The minimum Gasteiger partial charge on any atom is -0.506 e. The molecule has 0 aliphatic heterocycles. The molecule has 2 nitrogen and oxygen atoms in total. The highest BCUT2D eigenvalue weighted by Gasteiger charge is 2.04. The molecule has 0 radical (unpaired) electrons. The molecule has 0 saturated heterocycles. The smallest absolute Gasteiger partial charge is 0.134 e. The number of phenols is 1. The van der Waals surface area contributed by atoms with Crippen LogP contribution in [-0.4, -0.2) is 5.11 Å². The van der Waals surface area contributed by atoms with Crippen LogP contribution >= 0.6 is 15.9 Å². The highest BCUT2D eigenvalue weighted by molar-refractivity contribution is 9.10. The molecule has 2 rings (SSSR count). The first-order valence-corrected chi connectivity index (χ1v) is 7.17. The van der Waals surface area contributed by atoms with Crippen molar-refractivity contribution >= 4 is 21.6 Å². The van der Waals surface area contributed by atoms with Gasteiger partial charge in [-0.1, -0.05) is 38.1 Å². The summed E-state index contributed by atoms with van der Waals surface area (Å²) < 4.78 is 0.724. The highest BCUT2D eigenvalue weighted by atomic mass is 79.9. The van der Waals surface area contributed by atoms with Crippen LogP contribution in [0.25, 0.3) is 0 Å². The van der Waals surface area contributed by atoms with Gasteiger partial charge in [-0.15, -0.1) is 0 Å². The van der Waals surface area contributed by atoms with Gasteiger partial charge in [0.2, 0.25) is 0 Å². The van der Waals surface area contributed by atoms with Crippen molar-refractivity contribution in [3.63, 3.8) is 0 Å². The van der Waals surface area contributed by atoms with Gasteiger partial charge in [0.05, 0.1) is 4.47 Å². The zero-order chi connectivity index (χ0) is 13.8. The molecule has 19 heavy (non-hydrogen) atoms. The van der Waals surface area contributed by atoms with Crippen molar-refractivity contribution in [2.24, 2.45) is 0 Å². The van der Waals surface area contributed by atoms with Crippen LogP contribution in [0.15, 0.2) is 46.9 Å². The number of hydrogen-bond donors (Lipinski definition) is 2. The summed E-state index contributed by atoms with van der Waals surface area (Å²) in [6, 6.07) is 14.1. The lowest BCUT2D eigenvalue weighted by atomic mass is 10.0. The molecule has 0 amide bonds. The summed E-state index contributed by atoms with van der Waals surface area (Å²) in [7, 11) is 0. The zero-order valence-corrected chi connectivity index (χ0v) is 12.7. The van der Waals surface area contributed by atoms with Crippen molar-refractivity contribution in [2.45, 2.75) is 26.3 Å². The fraction of sp³-hybridized carbons (Fsp3) is 0.250. The number of phenolic OH excluding ortho intramolecular Hbond substituents is 1. The standard InChI is InChI=1S/C16H18BrNO/c1-11(2)12-6-8-14(9-7-12)18-10-13-4-3-5-15(17)16(13)19/h3-9,11,18-19H,10H2,1-2H3. The fourth-order valence-corrected chi connectivity index (χ4v) is 2.29. The molecule has 0 saturated carbocycles. The van der Waals surface area contributed by atoms with Gasteiger partial charge >= 0.3 is 0 Å². The first-order chi connectivity index (χ1) is 9.08. The van der Waals surface area contributed by atoms with Crippen LogP contribution < -0.4 is 5.32 Å². The molecular weight excluding hydrogens is 302 g/mol. The van der Waals surface area contributed by atoms with E-state index in [0.717, 1.165) is 15.7 Å². The summed E-state index contributed by atoms with van der Waals surface area (Å²) in [6.07, 6.45) is 0. The third kappa shape index (κ3) is 3.51. The molecule has 0 aromatic heterocycles.